The van der Waals surface area contributed by atoms with E-state index in [4.69, 9.17) is 4.74 Å². The van der Waals surface area contributed by atoms with Gasteiger partial charge in [0.1, 0.15) is 0 Å². The van der Waals surface area contributed by atoms with Crippen LogP contribution in [0.2, 0.25) is 0 Å². The van der Waals surface area contributed by atoms with Crippen molar-refractivity contribution in [3.63, 3.8) is 0 Å². The highest BCUT2D eigenvalue weighted by atomic mass is 19.4. The van der Waals surface area contributed by atoms with E-state index in [9.17, 15) is 13.2 Å². The van der Waals surface area contributed by atoms with Gasteiger partial charge in [-0.2, -0.15) is 13.2 Å². The molecule has 1 N–H and O–H groups in total. The van der Waals surface area contributed by atoms with Crippen LogP contribution >= 0.6 is 0 Å². The van der Waals surface area contributed by atoms with Crippen molar-refractivity contribution in [2.24, 2.45) is 0 Å². The Morgan fingerprint density at radius 3 is 2.47 bits per heavy atom. The lowest BCUT2D eigenvalue weighted by molar-refractivity contribution is -0.138. The molecule has 0 aromatic rings. The summed E-state index contributed by atoms with van der Waals surface area (Å²) >= 11 is 0. The zero-order valence-corrected chi connectivity index (χ0v) is 11.4. The Morgan fingerprint density at radius 1 is 1.16 bits per heavy atom. The van der Waals surface area contributed by atoms with Gasteiger partial charge in [0.05, 0.1) is 18.6 Å². The molecule has 0 aromatic carbocycles. The average Bonchev–Trinajstić information content (AvgIpc) is 3.04. The first kappa shape index (κ1) is 15.1. The number of alkyl halides is 3. The Balaban J connectivity index is 1.58. The number of hydrogen-bond acceptors (Lipinski definition) is 3. The molecule has 1 saturated heterocycles. The van der Waals surface area contributed by atoms with Crippen molar-refractivity contribution in [3.05, 3.63) is 0 Å². The van der Waals surface area contributed by atoms with Crippen molar-refractivity contribution in [3.8, 4) is 0 Å². The van der Waals surface area contributed by atoms with E-state index in [1.165, 1.54) is 12.8 Å². The SMILES string of the molecule is CN(CCC(F)(F)F)CC1CCC(CNC2CC2)O1. The number of nitrogens with one attached hydrogen (secondary N) is 1. The molecular formula is C13H23F3N2O. The van der Waals surface area contributed by atoms with Gasteiger partial charge in [-0.25, -0.2) is 0 Å². The number of halogens is 3. The zero-order chi connectivity index (χ0) is 13.9. The summed E-state index contributed by atoms with van der Waals surface area (Å²) in [5.74, 6) is 0. The molecule has 0 radical (unpaired) electrons. The number of hydrogen-bond donors (Lipinski definition) is 1. The fourth-order valence-corrected chi connectivity index (χ4v) is 2.41. The molecule has 0 bridgehead atoms. The number of rotatable bonds is 7. The smallest absolute Gasteiger partial charge is 0.372 e. The summed E-state index contributed by atoms with van der Waals surface area (Å²) in [6.07, 6.45) is -0.00656. The third kappa shape index (κ3) is 6.10. The van der Waals surface area contributed by atoms with Gasteiger partial charge in [-0.3, -0.25) is 0 Å². The molecule has 19 heavy (non-hydrogen) atoms. The molecule has 0 amide bonds. The van der Waals surface area contributed by atoms with Crippen LogP contribution in [0.5, 0.6) is 0 Å². The minimum absolute atomic E-state index is 0.0500. The van der Waals surface area contributed by atoms with Crippen LogP contribution in [0.25, 0.3) is 0 Å². The highest BCUT2D eigenvalue weighted by Gasteiger charge is 2.30. The first-order chi connectivity index (χ1) is 8.92. The molecule has 2 aliphatic rings. The predicted molar refractivity (Wildman–Crippen MR) is 67.1 cm³/mol. The molecular weight excluding hydrogens is 257 g/mol. The maximum Gasteiger partial charge on any atom is 0.390 e. The van der Waals surface area contributed by atoms with Crippen LogP contribution in [0.4, 0.5) is 13.2 Å². The van der Waals surface area contributed by atoms with Gasteiger partial charge < -0.3 is 15.0 Å². The Kier molecular flexibility index (Phi) is 5.09. The Hall–Kier alpha value is -0.330. The topological polar surface area (TPSA) is 24.5 Å². The van der Waals surface area contributed by atoms with Gasteiger partial charge in [-0.05, 0) is 32.7 Å². The monoisotopic (exact) mass is 280 g/mol. The van der Waals surface area contributed by atoms with E-state index in [1.54, 1.807) is 11.9 Å². The third-order valence-electron chi connectivity index (χ3n) is 3.70. The van der Waals surface area contributed by atoms with Crippen molar-refractivity contribution in [1.82, 2.24) is 10.2 Å². The summed E-state index contributed by atoms with van der Waals surface area (Å²) < 4.78 is 42.2. The molecule has 0 spiro atoms. The van der Waals surface area contributed by atoms with E-state index >= 15 is 0 Å². The second-order valence-electron chi connectivity index (χ2n) is 5.77. The molecule has 6 heteroatoms. The molecule has 112 valence electrons. The maximum absolute atomic E-state index is 12.1. The number of ether oxygens (including phenoxy) is 1. The molecule has 1 saturated carbocycles. The van der Waals surface area contributed by atoms with Crippen molar-refractivity contribution >= 4 is 0 Å². The largest absolute Gasteiger partial charge is 0.390 e. The molecule has 2 atom stereocenters. The second kappa shape index (κ2) is 6.41. The minimum atomic E-state index is -4.07. The summed E-state index contributed by atoms with van der Waals surface area (Å²) in [6.45, 7) is 1.53. The summed E-state index contributed by atoms with van der Waals surface area (Å²) in [4.78, 5) is 1.72. The fraction of sp³-hybridized carbons (Fsp3) is 1.00. The second-order valence-corrected chi connectivity index (χ2v) is 5.77. The Bertz CT molecular complexity index is 282. The molecule has 1 aliphatic heterocycles. The molecule has 2 rings (SSSR count). The van der Waals surface area contributed by atoms with Gasteiger partial charge in [0, 0.05) is 25.7 Å². The minimum Gasteiger partial charge on any atom is -0.372 e. The van der Waals surface area contributed by atoms with Crippen LogP contribution < -0.4 is 5.32 Å². The molecule has 3 nitrogen and oxygen atoms in total. The zero-order valence-electron chi connectivity index (χ0n) is 11.4. The van der Waals surface area contributed by atoms with Crippen LogP contribution in [0.15, 0.2) is 0 Å². The van der Waals surface area contributed by atoms with Gasteiger partial charge in [0.15, 0.2) is 0 Å². The van der Waals surface area contributed by atoms with Crippen molar-refractivity contribution in [2.75, 3.05) is 26.7 Å². The van der Waals surface area contributed by atoms with Gasteiger partial charge in [-0.15, -0.1) is 0 Å². The molecule has 0 aromatic heterocycles. The van der Waals surface area contributed by atoms with Crippen LogP contribution in [-0.2, 0) is 4.74 Å². The first-order valence-corrected chi connectivity index (χ1v) is 7.06. The highest BCUT2D eigenvalue weighted by Crippen LogP contribution is 2.24. The average molecular weight is 280 g/mol. The van der Waals surface area contributed by atoms with E-state index in [2.05, 4.69) is 5.32 Å². The number of nitrogens with zero attached hydrogens (tertiary/aromatic N) is 1. The predicted octanol–water partition coefficient (Wildman–Crippen LogP) is 2.17. The Labute approximate surface area is 112 Å². The van der Waals surface area contributed by atoms with E-state index in [0.29, 0.717) is 12.6 Å². The van der Waals surface area contributed by atoms with E-state index < -0.39 is 12.6 Å². The van der Waals surface area contributed by atoms with Gasteiger partial charge >= 0.3 is 6.18 Å². The van der Waals surface area contributed by atoms with Crippen LogP contribution in [0.3, 0.4) is 0 Å². The third-order valence-corrected chi connectivity index (χ3v) is 3.70. The van der Waals surface area contributed by atoms with Gasteiger partial charge in [-0.1, -0.05) is 0 Å². The Morgan fingerprint density at radius 2 is 1.84 bits per heavy atom. The quantitative estimate of drug-likeness (QED) is 0.773. The van der Waals surface area contributed by atoms with E-state index in [1.807, 2.05) is 0 Å². The van der Waals surface area contributed by atoms with Crippen LogP contribution in [-0.4, -0.2) is 56.0 Å². The van der Waals surface area contributed by atoms with E-state index in [-0.39, 0.29) is 18.8 Å². The summed E-state index contributed by atoms with van der Waals surface area (Å²) in [5.41, 5.74) is 0. The van der Waals surface area contributed by atoms with Crippen molar-refractivity contribution < 1.29 is 17.9 Å². The summed E-state index contributed by atoms with van der Waals surface area (Å²) in [7, 11) is 1.73. The normalized spacial score (nSPS) is 28.3. The van der Waals surface area contributed by atoms with Crippen LogP contribution in [0, 0.1) is 0 Å². The van der Waals surface area contributed by atoms with Gasteiger partial charge in [0.25, 0.3) is 0 Å². The molecule has 2 fully saturated rings. The molecule has 1 heterocycles. The maximum atomic E-state index is 12.1. The summed E-state index contributed by atoms with van der Waals surface area (Å²) in [6, 6.07) is 0.678. The van der Waals surface area contributed by atoms with Crippen LogP contribution in [0.1, 0.15) is 32.1 Å². The highest BCUT2D eigenvalue weighted by molar-refractivity contribution is 4.84. The lowest BCUT2D eigenvalue weighted by Gasteiger charge is -2.22. The fourth-order valence-electron chi connectivity index (χ4n) is 2.41. The molecule has 1 aliphatic carbocycles. The van der Waals surface area contributed by atoms with Gasteiger partial charge in [0.2, 0.25) is 0 Å². The van der Waals surface area contributed by atoms with Crippen molar-refractivity contribution in [2.45, 2.75) is 56.5 Å². The van der Waals surface area contributed by atoms with Crippen molar-refractivity contribution in [1.29, 1.82) is 0 Å². The standard InChI is InChI=1S/C13H23F3N2O/c1-18(7-6-13(14,15)16)9-12-5-4-11(19-12)8-17-10-2-3-10/h10-12,17H,2-9H2,1H3. The number of likely N-dealkylation sites (N-methyl/N-ethyl adjacent to an activating group) is 1. The summed E-state index contributed by atoms with van der Waals surface area (Å²) in [5, 5.41) is 3.43. The van der Waals surface area contributed by atoms with E-state index in [0.717, 1.165) is 19.4 Å². The first-order valence-electron chi connectivity index (χ1n) is 7.06. The lowest BCUT2D eigenvalue weighted by atomic mass is 10.2. The molecule has 2 unspecified atom stereocenters. The lowest BCUT2D eigenvalue weighted by Crippen LogP contribution is -2.34.